The minimum Gasteiger partial charge on any atom is -0.351 e. The average molecular weight is 465 g/mol. The highest BCUT2D eigenvalue weighted by molar-refractivity contribution is 5.97. The quantitative estimate of drug-likeness (QED) is 0.555. The van der Waals surface area contributed by atoms with E-state index in [1.54, 1.807) is 0 Å². The van der Waals surface area contributed by atoms with Crippen LogP contribution in [0, 0.1) is 35.5 Å². The first kappa shape index (κ1) is 23.9. The third-order valence-electron chi connectivity index (χ3n) is 10.1. The molecule has 4 atom stereocenters. The Hall–Kier alpha value is -1.84. The summed E-state index contributed by atoms with van der Waals surface area (Å²) < 4.78 is 0. The van der Waals surface area contributed by atoms with Crippen molar-refractivity contribution in [2.45, 2.75) is 103 Å². The second kappa shape index (κ2) is 9.32. The van der Waals surface area contributed by atoms with Crippen LogP contribution in [0.1, 0.15) is 101 Å². The molecule has 0 radical (unpaired) electrons. The highest BCUT2D eigenvalue weighted by atomic mass is 16.2. The van der Waals surface area contributed by atoms with Crippen LogP contribution >= 0.6 is 0 Å². The van der Waals surface area contributed by atoms with Gasteiger partial charge in [-0.25, -0.2) is 0 Å². The molecule has 1 aromatic rings. The van der Waals surface area contributed by atoms with Crippen LogP contribution in [-0.4, -0.2) is 23.9 Å². The van der Waals surface area contributed by atoms with Crippen molar-refractivity contribution < 1.29 is 9.59 Å². The third-order valence-corrected chi connectivity index (χ3v) is 10.1. The predicted octanol–water partition coefficient (Wildman–Crippen LogP) is 5.85. The predicted molar refractivity (Wildman–Crippen MR) is 136 cm³/mol. The summed E-state index contributed by atoms with van der Waals surface area (Å²) >= 11 is 0. The van der Waals surface area contributed by atoms with Crippen LogP contribution in [0.3, 0.4) is 0 Å². The zero-order valence-corrected chi connectivity index (χ0v) is 21.6. The number of carbonyl (C=O) groups is 2. The van der Waals surface area contributed by atoms with E-state index in [2.05, 4.69) is 36.6 Å². The lowest BCUT2D eigenvalue weighted by molar-refractivity contribution is -0.125. The Morgan fingerprint density at radius 2 is 1.50 bits per heavy atom. The Bertz CT molecular complexity index is 870. The zero-order valence-electron chi connectivity index (χ0n) is 21.6. The lowest BCUT2D eigenvalue weighted by Crippen LogP contribution is -2.54. The lowest BCUT2D eigenvalue weighted by Gasteiger charge is -2.57. The molecule has 0 unspecified atom stereocenters. The molecule has 1 aromatic carbocycles. The normalized spacial score (nSPS) is 37.4. The maximum absolute atomic E-state index is 13.2. The summed E-state index contributed by atoms with van der Waals surface area (Å²) in [6.07, 6.45) is 11.7. The van der Waals surface area contributed by atoms with Crippen molar-refractivity contribution in [3.63, 3.8) is 0 Å². The molecule has 34 heavy (non-hydrogen) atoms. The van der Waals surface area contributed by atoms with E-state index in [0.29, 0.717) is 22.8 Å². The standard InChI is InChI=1S/C30H44N2O2/c1-18(2)27(29(34)31-26-7-5-6-19(3)20(26)4)32-28(33)24-8-10-25(11-9-24)30-15-21-12-22(16-30)14-23(13-21)17-30/h8-11,18-23,26-27H,5-7,12-17H2,1-4H3,(H,31,34)(H,32,33)/t19-,20+,21?,22?,23?,26+,27-,30?/m0/s1. The summed E-state index contributed by atoms with van der Waals surface area (Å²) in [7, 11) is 0. The van der Waals surface area contributed by atoms with Gasteiger partial charge < -0.3 is 10.6 Å². The average Bonchev–Trinajstić information content (AvgIpc) is 2.79. The van der Waals surface area contributed by atoms with Gasteiger partial charge in [-0.15, -0.1) is 0 Å². The van der Waals surface area contributed by atoms with E-state index in [4.69, 9.17) is 0 Å². The molecule has 186 valence electrons. The molecule has 5 saturated carbocycles. The fraction of sp³-hybridized carbons (Fsp3) is 0.733. The van der Waals surface area contributed by atoms with Crippen LogP contribution in [0.5, 0.6) is 0 Å². The summed E-state index contributed by atoms with van der Waals surface area (Å²) in [5.74, 6) is 3.68. The number of benzene rings is 1. The number of rotatable bonds is 6. The maximum Gasteiger partial charge on any atom is 0.251 e. The minimum absolute atomic E-state index is 0.0339. The minimum atomic E-state index is -0.514. The number of hydrogen-bond acceptors (Lipinski definition) is 2. The molecule has 5 fully saturated rings. The number of nitrogens with one attached hydrogen (secondary N) is 2. The van der Waals surface area contributed by atoms with E-state index < -0.39 is 6.04 Å². The molecule has 0 heterocycles. The van der Waals surface area contributed by atoms with Crippen molar-refractivity contribution in [1.29, 1.82) is 0 Å². The maximum atomic E-state index is 13.2. The zero-order chi connectivity index (χ0) is 24.0. The van der Waals surface area contributed by atoms with E-state index in [-0.39, 0.29) is 23.8 Å². The van der Waals surface area contributed by atoms with E-state index >= 15 is 0 Å². The monoisotopic (exact) mass is 464 g/mol. The molecule has 4 nitrogen and oxygen atoms in total. The summed E-state index contributed by atoms with van der Waals surface area (Å²) in [6.45, 7) is 8.53. The molecule has 2 N–H and O–H groups in total. The fourth-order valence-electron chi connectivity index (χ4n) is 8.26. The smallest absolute Gasteiger partial charge is 0.251 e. The molecule has 2 amide bonds. The van der Waals surface area contributed by atoms with Crippen molar-refractivity contribution in [3.05, 3.63) is 35.4 Å². The van der Waals surface area contributed by atoms with Gasteiger partial charge in [0.25, 0.3) is 5.91 Å². The summed E-state index contributed by atoms with van der Waals surface area (Å²) in [6, 6.07) is 8.08. The Morgan fingerprint density at radius 1 is 0.912 bits per heavy atom. The first-order valence-electron chi connectivity index (χ1n) is 14.0. The van der Waals surface area contributed by atoms with Crippen LogP contribution in [0.4, 0.5) is 0 Å². The second-order valence-corrected chi connectivity index (χ2v) is 12.9. The molecular weight excluding hydrogens is 420 g/mol. The van der Waals surface area contributed by atoms with Gasteiger partial charge in [-0.1, -0.05) is 52.7 Å². The first-order chi connectivity index (χ1) is 16.2. The first-order valence-corrected chi connectivity index (χ1v) is 14.0. The van der Waals surface area contributed by atoms with Crippen molar-refractivity contribution in [2.75, 3.05) is 0 Å². The lowest BCUT2D eigenvalue weighted by atomic mass is 9.48. The highest BCUT2D eigenvalue weighted by Crippen LogP contribution is 2.60. The largest absolute Gasteiger partial charge is 0.351 e. The van der Waals surface area contributed by atoms with Crippen molar-refractivity contribution in [3.8, 4) is 0 Å². The van der Waals surface area contributed by atoms with E-state index in [0.717, 1.165) is 30.6 Å². The third kappa shape index (κ3) is 4.54. The van der Waals surface area contributed by atoms with E-state index in [1.807, 2.05) is 26.0 Å². The Labute approximate surface area is 206 Å². The van der Waals surface area contributed by atoms with Crippen LogP contribution < -0.4 is 10.6 Å². The second-order valence-electron chi connectivity index (χ2n) is 12.9. The number of hydrogen-bond donors (Lipinski definition) is 2. The van der Waals surface area contributed by atoms with E-state index in [9.17, 15) is 9.59 Å². The van der Waals surface area contributed by atoms with Gasteiger partial charge in [-0.2, -0.15) is 0 Å². The Balaban J connectivity index is 1.24. The van der Waals surface area contributed by atoms with Crippen molar-refractivity contribution >= 4 is 11.8 Å². The highest BCUT2D eigenvalue weighted by Gasteiger charge is 2.51. The summed E-state index contributed by atoms with van der Waals surface area (Å²) in [5, 5.41) is 6.32. The van der Waals surface area contributed by atoms with Crippen LogP contribution in [0.2, 0.25) is 0 Å². The van der Waals surface area contributed by atoms with Crippen molar-refractivity contribution in [2.24, 2.45) is 35.5 Å². The van der Waals surface area contributed by atoms with Gasteiger partial charge in [-0.05, 0) is 104 Å². The van der Waals surface area contributed by atoms with Crippen molar-refractivity contribution in [1.82, 2.24) is 10.6 Å². The molecular formula is C30H44N2O2. The Kier molecular flexibility index (Phi) is 6.54. The van der Waals surface area contributed by atoms with Gasteiger partial charge >= 0.3 is 0 Å². The molecule has 0 aliphatic heterocycles. The molecule has 4 bridgehead atoms. The van der Waals surface area contributed by atoms with Gasteiger partial charge in [0.15, 0.2) is 0 Å². The van der Waals surface area contributed by atoms with Gasteiger partial charge in [-0.3, -0.25) is 9.59 Å². The molecule has 5 aliphatic carbocycles. The summed E-state index contributed by atoms with van der Waals surface area (Å²) in [5.41, 5.74) is 2.44. The topological polar surface area (TPSA) is 58.2 Å². The van der Waals surface area contributed by atoms with Gasteiger partial charge in [0.1, 0.15) is 6.04 Å². The van der Waals surface area contributed by atoms with E-state index in [1.165, 1.54) is 50.5 Å². The molecule has 4 heteroatoms. The van der Waals surface area contributed by atoms with Gasteiger partial charge in [0.05, 0.1) is 0 Å². The number of amides is 2. The molecule has 0 saturated heterocycles. The SMILES string of the molecule is CC(C)[C@H](NC(=O)c1ccc(C23CC4CC(CC(C4)C2)C3)cc1)C(=O)N[C@@H]1CCC[C@H](C)[C@H]1C. The summed E-state index contributed by atoms with van der Waals surface area (Å²) in [4.78, 5) is 26.3. The number of carbonyl (C=O) groups excluding carboxylic acids is 2. The van der Waals surface area contributed by atoms with Gasteiger partial charge in [0.2, 0.25) is 5.91 Å². The molecule has 5 aliphatic rings. The molecule has 0 spiro atoms. The Morgan fingerprint density at radius 3 is 2.06 bits per heavy atom. The van der Waals surface area contributed by atoms with Crippen LogP contribution in [0.25, 0.3) is 0 Å². The fourth-order valence-corrected chi connectivity index (χ4v) is 8.26. The van der Waals surface area contributed by atoms with Gasteiger partial charge in [0, 0.05) is 11.6 Å². The molecule has 6 rings (SSSR count). The molecule has 0 aromatic heterocycles. The van der Waals surface area contributed by atoms with Crippen LogP contribution in [0.15, 0.2) is 24.3 Å². The van der Waals surface area contributed by atoms with Crippen LogP contribution in [-0.2, 0) is 10.2 Å².